The third-order valence-electron chi connectivity index (χ3n) is 12.5. The van der Waals surface area contributed by atoms with Gasteiger partial charge < -0.3 is 14.2 Å². The zero-order valence-electron chi connectivity index (χ0n) is 49.4. The number of hydrogen-bond acceptors (Lipinski definition) is 6. The fraction of sp³-hybridized carbons (Fsp3) is 0.592. The first kappa shape index (κ1) is 72.0. The first-order valence-corrected chi connectivity index (χ1v) is 31.0. The van der Waals surface area contributed by atoms with Crippen molar-refractivity contribution in [2.75, 3.05) is 13.2 Å². The number of carbonyl (C=O) groups excluding carboxylic acids is 3. The lowest BCUT2D eigenvalue weighted by atomic mass is 10.1. The van der Waals surface area contributed by atoms with Crippen molar-refractivity contribution in [3.8, 4) is 0 Å². The maximum Gasteiger partial charge on any atom is 0.306 e. The lowest BCUT2D eigenvalue weighted by Gasteiger charge is -2.18. The van der Waals surface area contributed by atoms with Crippen LogP contribution in [0.4, 0.5) is 0 Å². The molecule has 0 rings (SSSR count). The third kappa shape index (κ3) is 61.8. The highest BCUT2D eigenvalue weighted by molar-refractivity contribution is 5.71. The molecule has 0 aliphatic heterocycles. The Labute approximate surface area is 473 Å². The summed E-state index contributed by atoms with van der Waals surface area (Å²) in [5.41, 5.74) is 0. The van der Waals surface area contributed by atoms with Crippen LogP contribution in [0.2, 0.25) is 0 Å². The van der Waals surface area contributed by atoms with Gasteiger partial charge in [-0.1, -0.05) is 249 Å². The van der Waals surface area contributed by atoms with Crippen LogP contribution in [0.25, 0.3) is 0 Å². The van der Waals surface area contributed by atoms with E-state index in [1.54, 1.807) is 0 Å². The quantitative estimate of drug-likeness (QED) is 0.0261. The van der Waals surface area contributed by atoms with Crippen molar-refractivity contribution < 1.29 is 28.6 Å². The molecule has 0 saturated heterocycles. The van der Waals surface area contributed by atoms with E-state index in [-0.39, 0.29) is 37.5 Å². The number of rotatable bonds is 54. The molecule has 77 heavy (non-hydrogen) atoms. The van der Waals surface area contributed by atoms with Crippen molar-refractivity contribution in [3.05, 3.63) is 158 Å². The van der Waals surface area contributed by atoms with Crippen LogP contribution in [-0.4, -0.2) is 37.2 Å². The summed E-state index contributed by atoms with van der Waals surface area (Å²) in [5.74, 6) is -0.998. The number of ether oxygens (including phenoxy) is 3. The summed E-state index contributed by atoms with van der Waals surface area (Å²) in [6.07, 6.45) is 92.4. The summed E-state index contributed by atoms with van der Waals surface area (Å²) < 4.78 is 16.8. The van der Waals surface area contributed by atoms with Gasteiger partial charge in [-0.25, -0.2) is 0 Å². The molecule has 0 spiro atoms. The number of carbonyl (C=O) groups is 3. The Morgan fingerprint density at radius 2 is 0.519 bits per heavy atom. The van der Waals surface area contributed by atoms with E-state index in [9.17, 15) is 14.4 Å². The zero-order valence-corrected chi connectivity index (χ0v) is 49.4. The second-order valence-corrected chi connectivity index (χ2v) is 19.8. The largest absolute Gasteiger partial charge is 0.462 e. The zero-order chi connectivity index (χ0) is 55.7. The van der Waals surface area contributed by atoms with E-state index >= 15 is 0 Å². The Kier molecular flexibility index (Phi) is 59.5. The average Bonchev–Trinajstić information content (AvgIpc) is 3.43. The lowest BCUT2D eigenvalue weighted by molar-refractivity contribution is -0.167. The molecule has 0 aliphatic carbocycles. The van der Waals surface area contributed by atoms with Gasteiger partial charge in [0.2, 0.25) is 0 Å². The van der Waals surface area contributed by atoms with Crippen LogP contribution in [0.15, 0.2) is 158 Å². The second-order valence-electron chi connectivity index (χ2n) is 19.8. The molecule has 1 unspecified atom stereocenters. The van der Waals surface area contributed by atoms with E-state index in [4.69, 9.17) is 14.2 Å². The maximum absolute atomic E-state index is 12.9. The summed E-state index contributed by atoms with van der Waals surface area (Å²) in [4.78, 5) is 38.3. The van der Waals surface area contributed by atoms with Gasteiger partial charge in [0.1, 0.15) is 13.2 Å². The topological polar surface area (TPSA) is 78.9 Å². The molecule has 0 fully saturated rings. The van der Waals surface area contributed by atoms with Crippen LogP contribution in [0.1, 0.15) is 252 Å². The predicted octanol–water partition coefficient (Wildman–Crippen LogP) is 21.3. The Balaban J connectivity index is 4.51. The number of esters is 3. The van der Waals surface area contributed by atoms with E-state index < -0.39 is 6.10 Å². The van der Waals surface area contributed by atoms with Crippen molar-refractivity contribution in [2.24, 2.45) is 0 Å². The Morgan fingerprint density at radius 3 is 0.857 bits per heavy atom. The monoisotopic (exact) mass is 1060 g/mol. The van der Waals surface area contributed by atoms with Crippen molar-refractivity contribution >= 4 is 17.9 Å². The third-order valence-corrected chi connectivity index (χ3v) is 12.5. The predicted molar refractivity (Wildman–Crippen MR) is 334 cm³/mol. The van der Waals surface area contributed by atoms with Gasteiger partial charge in [0, 0.05) is 19.3 Å². The fourth-order valence-corrected chi connectivity index (χ4v) is 7.92. The van der Waals surface area contributed by atoms with Gasteiger partial charge in [0.25, 0.3) is 0 Å². The molecular formula is C71H112O6. The minimum Gasteiger partial charge on any atom is -0.462 e. The first-order chi connectivity index (χ1) is 38.0. The molecule has 0 aromatic rings. The van der Waals surface area contributed by atoms with Gasteiger partial charge in [-0.15, -0.1) is 0 Å². The van der Waals surface area contributed by atoms with Crippen molar-refractivity contribution in [1.82, 2.24) is 0 Å². The minimum absolute atomic E-state index is 0.112. The van der Waals surface area contributed by atoms with E-state index in [0.717, 1.165) is 148 Å². The molecule has 0 N–H and O–H groups in total. The molecule has 0 saturated carbocycles. The van der Waals surface area contributed by atoms with E-state index in [2.05, 4.69) is 179 Å². The standard InChI is InChI=1S/C71H112O6/c1-4-7-10-13-16-19-22-25-27-29-31-33-35-37-39-41-43-46-49-52-55-58-61-64-70(73)76-67-68(66-75-69(72)63-60-57-54-51-48-45-24-21-18-15-12-9-6-3)77-71(74)65-62-59-56-53-50-47-44-42-40-38-36-34-32-30-28-26-23-20-17-14-11-8-5-2/h7-8,10-11,16-17,19-21,24-28,31-34,37-40,43,46,52,55,68H,4-6,9,12-15,18,22-23,29-30,35-36,41-42,44-45,47-51,53-54,56-67H2,1-3H3/b10-7-,11-8-,19-16-,20-17-,24-21-,27-25-,28-26-,33-31-,34-32-,39-37-,40-38-,46-43-,55-52-. The molecule has 0 heterocycles. The van der Waals surface area contributed by atoms with Crippen LogP contribution in [-0.2, 0) is 28.6 Å². The molecule has 0 aromatic heterocycles. The molecule has 0 aliphatic rings. The van der Waals surface area contributed by atoms with Crippen LogP contribution in [0.5, 0.6) is 0 Å². The molecule has 6 nitrogen and oxygen atoms in total. The average molecular weight is 1060 g/mol. The highest BCUT2D eigenvalue weighted by Gasteiger charge is 2.19. The van der Waals surface area contributed by atoms with Crippen LogP contribution in [0.3, 0.4) is 0 Å². The normalized spacial score (nSPS) is 13.2. The SMILES string of the molecule is CC/C=C\C/C=C\C/C=C\C/C=C\C/C=C\C/C=C\C/C=C\CCCC(=O)OCC(COC(=O)CCCCCCC/C=C\CCCCCC)OC(=O)CCCCCCCCC/C=C\C/C=C\C/C=C\C/C=C\C/C=C\CC. The molecular weight excluding hydrogens is 949 g/mol. The smallest absolute Gasteiger partial charge is 0.306 e. The van der Waals surface area contributed by atoms with E-state index in [0.29, 0.717) is 19.3 Å². The summed E-state index contributed by atoms with van der Waals surface area (Å²) in [5, 5.41) is 0. The van der Waals surface area contributed by atoms with Crippen molar-refractivity contribution in [3.63, 3.8) is 0 Å². The number of hydrogen-bond donors (Lipinski definition) is 0. The maximum atomic E-state index is 12.9. The van der Waals surface area contributed by atoms with Crippen molar-refractivity contribution in [1.29, 1.82) is 0 Å². The van der Waals surface area contributed by atoms with E-state index in [1.807, 2.05) is 0 Å². The molecule has 0 bridgehead atoms. The lowest BCUT2D eigenvalue weighted by Crippen LogP contribution is -2.30. The molecule has 1 atom stereocenters. The van der Waals surface area contributed by atoms with Crippen LogP contribution >= 0.6 is 0 Å². The van der Waals surface area contributed by atoms with Gasteiger partial charge in [-0.3, -0.25) is 14.4 Å². The second kappa shape index (κ2) is 63.6. The molecule has 6 heteroatoms. The molecule has 0 radical (unpaired) electrons. The highest BCUT2D eigenvalue weighted by atomic mass is 16.6. The molecule has 0 amide bonds. The Hall–Kier alpha value is -4.97. The fourth-order valence-electron chi connectivity index (χ4n) is 7.92. The van der Waals surface area contributed by atoms with Gasteiger partial charge in [-0.05, 0) is 141 Å². The number of unbranched alkanes of at least 4 members (excludes halogenated alkanes) is 17. The van der Waals surface area contributed by atoms with E-state index in [1.165, 1.54) is 57.8 Å². The number of allylic oxidation sites excluding steroid dienone is 26. The van der Waals surface area contributed by atoms with Gasteiger partial charge in [0.05, 0.1) is 0 Å². The Morgan fingerprint density at radius 1 is 0.273 bits per heavy atom. The summed E-state index contributed by atoms with van der Waals surface area (Å²) in [6.45, 7) is 6.32. The molecule has 432 valence electrons. The summed E-state index contributed by atoms with van der Waals surface area (Å²) in [6, 6.07) is 0. The molecule has 0 aromatic carbocycles. The van der Waals surface area contributed by atoms with Crippen molar-refractivity contribution in [2.45, 2.75) is 258 Å². The first-order valence-electron chi connectivity index (χ1n) is 31.0. The summed E-state index contributed by atoms with van der Waals surface area (Å²) >= 11 is 0. The van der Waals surface area contributed by atoms with Gasteiger partial charge >= 0.3 is 17.9 Å². The highest BCUT2D eigenvalue weighted by Crippen LogP contribution is 2.14. The minimum atomic E-state index is -0.820. The van der Waals surface area contributed by atoms with Gasteiger partial charge in [0.15, 0.2) is 6.10 Å². The Bertz CT molecular complexity index is 1740. The van der Waals surface area contributed by atoms with Gasteiger partial charge in [-0.2, -0.15) is 0 Å². The summed E-state index contributed by atoms with van der Waals surface area (Å²) in [7, 11) is 0. The van der Waals surface area contributed by atoms with Crippen LogP contribution in [0, 0.1) is 0 Å². The van der Waals surface area contributed by atoms with Crippen LogP contribution < -0.4 is 0 Å².